The second-order valence-corrected chi connectivity index (χ2v) is 20.0. The first-order valence-corrected chi connectivity index (χ1v) is 24.2. The highest BCUT2D eigenvalue weighted by atomic mass is 32.2. The van der Waals surface area contributed by atoms with Crippen LogP contribution in [0.25, 0.3) is 32.0 Å². The van der Waals surface area contributed by atoms with Gasteiger partial charge in [0.1, 0.15) is 5.03 Å². The maximum absolute atomic E-state index is 13.2. The number of hydrogen-bond acceptors (Lipinski definition) is 10. The van der Waals surface area contributed by atoms with E-state index >= 15 is 0 Å². The Morgan fingerprint density at radius 2 is 1.22 bits per heavy atom. The van der Waals surface area contributed by atoms with Gasteiger partial charge in [0, 0.05) is 55.0 Å². The topological polar surface area (TPSA) is 170 Å². The van der Waals surface area contributed by atoms with E-state index in [1.807, 2.05) is 48.5 Å². The van der Waals surface area contributed by atoms with E-state index in [0.29, 0.717) is 17.0 Å². The zero-order chi connectivity index (χ0) is 44.8. The van der Waals surface area contributed by atoms with Gasteiger partial charge in [-0.15, -0.1) is 11.3 Å². The average Bonchev–Trinajstić information content (AvgIpc) is 4.06. The van der Waals surface area contributed by atoms with Crippen molar-refractivity contribution in [1.29, 1.82) is 0 Å². The zero-order valence-electron chi connectivity index (χ0n) is 34.9. The number of fused-ring (bicyclic) bond motifs is 3. The van der Waals surface area contributed by atoms with E-state index in [9.17, 15) is 26.4 Å². The Morgan fingerprint density at radius 1 is 0.641 bits per heavy atom. The molecule has 15 heteroatoms. The molecule has 0 bridgehead atoms. The lowest BCUT2D eigenvalue weighted by Gasteiger charge is -2.08. The number of aromatic nitrogens is 3. The van der Waals surface area contributed by atoms with E-state index in [0.717, 1.165) is 62.3 Å². The summed E-state index contributed by atoms with van der Waals surface area (Å²) in [7, 11) is -5.50. The van der Waals surface area contributed by atoms with Crippen molar-refractivity contribution in [2.75, 3.05) is 0 Å². The van der Waals surface area contributed by atoms with Crippen molar-refractivity contribution in [2.24, 2.45) is 7.05 Å². The lowest BCUT2D eigenvalue weighted by molar-refractivity contribution is 0.0923. The van der Waals surface area contributed by atoms with E-state index in [1.165, 1.54) is 11.3 Å². The molecular formula is C49H43N5O7S3. The van der Waals surface area contributed by atoms with Gasteiger partial charge < -0.3 is 19.6 Å². The fraction of sp³-hybridized carbons (Fsp3) is 0.143. The molecule has 64 heavy (non-hydrogen) atoms. The Labute approximate surface area is 374 Å². The molecule has 0 saturated carbocycles. The molecule has 0 aliphatic heterocycles. The summed E-state index contributed by atoms with van der Waals surface area (Å²) in [6, 6.07) is 36.6. The average molecular weight is 910 g/mol. The number of carbonyl (C=O) groups excluding carboxylic acids is 2. The van der Waals surface area contributed by atoms with Crippen LogP contribution in [0.3, 0.4) is 0 Å². The van der Waals surface area contributed by atoms with Gasteiger partial charge in [-0.25, -0.2) is 16.8 Å². The molecule has 0 saturated heterocycles. The molecule has 0 aliphatic carbocycles. The predicted octanol–water partition coefficient (Wildman–Crippen LogP) is 9.48. The van der Waals surface area contributed by atoms with Crippen LogP contribution in [-0.2, 0) is 46.2 Å². The minimum Gasteiger partial charge on any atom is -0.449 e. The first-order valence-electron chi connectivity index (χ1n) is 20.5. The predicted molar refractivity (Wildman–Crippen MR) is 248 cm³/mol. The van der Waals surface area contributed by atoms with Gasteiger partial charge in [0.05, 0.1) is 30.5 Å². The van der Waals surface area contributed by atoms with Crippen LogP contribution in [-0.4, -0.2) is 43.2 Å². The number of thiophene rings is 1. The van der Waals surface area contributed by atoms with Gasteiger partial charge in [-0.05, 0) is 108 Å². The molecule has 324 valence electrons. The van der Waals surface area contributed by atoms with Crippen molar-refractivity contribution in [3.05, 3.63) is 180 Å². The molecule has 9 rings (SSSR count). The number of nitrogens with zero attached hydrogens (tertiary/aromatic N) is 3. The summed E-state index contributed by atoms with van der Waals surface area (Å²) in [4.78, 5) is 34.2. The van der Waals surface area contributed by atoms with Crippen LogP contribution in [0.5, 0.6) is 0 Å². The maximum Gasteiger partial charge on any atom is 0.287 e. The quantitative estimate of drug-likeness (QED) is 0.114. The third-order valence-corrected chi connectivity index (χ3v) is 15.4. The highest BCUT2D eigenvalue weighted by Crippen LogP contribution is 2.28. The van der Waals surface area contributed by atoms with E-state index in [1.54, 1.807) is 115 Å². The minimum absolute atomic E-state index is 0.168. The fourth-order valence-electron chi connectivity index (χ4n) is 7.10. The van der Waals surface area contributed by atoms with Gasteiger partial charge in [-0.2, -0.15) is 0 Å². The van der Waals surface area contributed by atoms with Crippen molar-refractivity contribution in [1.82, 2.24) is 25.2 Å². The van der Waals surface area contributed by atoms with Crippen LogP contribution in [0, 0.1) is 0 Å². The molecule has 5 aromatic heterocycles. The molecule has 4 aromatic carbocycles. The molecule has 0 spiro atoms. The number of pyridine rings is 2. The standard InChI is InChI=1S/C25H24N2O4S.C24H19N3O3S2/c1-2-3-4-18-5-9-21(10-6-18)32(29,30)22-11-7-19(8-12-22)16-27-25(28)23-15-20-13-14-26-17-24(20)31-23;1-27-20-5-3-2-4-17(20)13-23(27)32(29,30)19-8-6-16(7-9-19)14-26-24(28)21-12-18-10-11-25-15-22(18)31-21/h5-15,17H,2-4,16H2,1H3,(H,27,28);2-13,15H,14H2,1H3,(H,26,28). The van der Waals surface area contributed by atoms with Crippen molar-refractivity contribution >= 4 is 74.8 Å². The largest absolute Gasteiger partial charge is 0.449 e. The third kappa shape index (κ3) is 9.51. The summed E-state index contributed by atoms with van der Waals surface area (Å²) >= 11 is 1.39. The number of carbonyl (C=O) groups is 2. The monoisotopic (exact) mass is 909 g/mol. The van der Waals surface area contributed by atoms with E-state index in [2.05, 4.69) is 27.5 Å². The molecule has 2 N–H and O–H groups in total. The number of hydrogen-bond donors (Lipinski definition) is 2. The number of amides is 2. The molecule has 9 aromatic rings. The van der Waals surface area contributed by atoms with Crippen LogP contribution in [0.15, 0.2) is 176 Å². The summed E-state index contributed by atoms with van der Waals surface area (Å²) in [5, 5.41) is 8.59. The minimum atomic E-state index is -3.67. The number of sulfone groups is 2. The maximum atomic E-state index is 13.2. The molecule has 12 nitrogen and oxygen atoms in total. The first kappa shape index (κ1) is 43.7. The highest BCUT2D eigenvalue weighted by molar-refractivity contribution is 7.91. The summed E-state index contributed by atoms with van der Waals surface area (Å²) in [5.41, 5.74) is 4.15. The highest BCUT2D eigenvalue weighted by Gasteiger charge is 2.23. The number of aryl methyl sites for hydroxylation is 2. The second kappa shape index (κ2) is 18.8. The molecule has 0 radical (unpaired) electrons. The number of benzene rings is 4. The van der Waals surface area contributed by atoms with Gasteiger partial charge >= 0.3 is 0 Å². The normalized spacial score (nSPS) is 11.7. The second-order valence-electron chi connectivity index (χ2n) is 15.1. The molecule has 5 heterocycles. The molecule has 2 amide bonds. The van der Waals surface area contributed by atoms with Gasteiger partial charge in [0.2, 0.25) is 19.7 Å². The Balaban J connectivity index is 0.000000175. The van der Waals surface area contributed by atoms with Crippen molar-refractivity contribution in [2.45, 2.75) is 59.0 Å². The van der Waals surface area contributed by atoms with Crippen LogP contribution in [0.4, 0.5) is 0 Å². The van der Waals surface area contributed by atoms with Crippen LogP contribution < -0.4 is 10.6 Å². The lowest BCUT2D eigenvalue weighted by atomic mass is 10.1. The third-order valence-electron chi connectivity index (χ3n) is 10.7. The van der Waals surface area contributed by atoms with Gasteiger partial charge in [-0.1, -0.05) is 67.9 Å². The first-order chi connectivity index (χ1) is 30.9. The van der Waals surface area contributed by atoms with E-state index in [4.69, 9.17) is 4.42 Å². The van der Waals surface area contributed by atoms with Crippen LogP contribution in [0.2, 0.25) is 0 Å². The fourth-order valence-corrected chi connectivity index (χ4v) is 10.8. The number of unbranched alkanes of at least 4 members (excludes halogenated alkanes) is 1. The van der Waals surface area contributed by atoms with Gasteiger partial charge in [0.15, 0.2) is 11.3 Å². The van der Waals surface area contributed by atoms with Crippen molar-refractivity contribution < 1.29 is 30.8 Å². The lowest BCUT2D eigenvalue weighted by Crippen LogP contribution is -2.22. The summed E-state index contributed by atoms with van der Waals surface area (Å²) in [5.74, 6) is -0.311. The number of rotatable bonds is 13. The van der Waals surface area contributed by atoms with Gasteiger partial charge in [0.25, 0.3) is 11.8 Å². The summed E-state index contributed by atoms with van der Waals surface area (Å²) in [6.45, 7) is 2.69. The SMILES string of the molecule is CCCCc1ccc(S(=O)(=O)c2ccc(CNC(=O)c3cc4ccncc4o3)cc2)cc1.Cn1c(S(=O)(=O)c2ccc(CNC(=O)c3cc4ccncc4s3)cc2)cc2ccccc21. The van der Waals surface area contributed by atoms with E-state index < -0.39 is 19.7 Å². The smallest absolute Gasteiger partial charge is 0.287 e. The Kier molecular flexibility index (Phi) is 12.8. The van der Waals surface area contributed by atoms with Gasteiger partial charge in [-0.3, -0.25) is 19.6 Å². The Hall–Kier alpha value is -6.94. The molecule has 0 fully saturated rings. The summed E-state index contributed by atoms with van der Waals surface area (Å²) in [6.07, 6.45) is 9.76. The molecular weight excluding hydrogens is 867 g/mol. The van der Waals surface area contributed by atoms with E-state index in [-0.39, 0.29) is 43.8 Å². The number of nitrogens with one attached hydrogen (secondary N) is 2. The van der Waals surface area contributed by atoms with Crippen molar-refractivity contribution in [3.63, 3.8) is 0 Å². The van der Waals surface area contributed by atoms with Crippen molar-refractivity contribution in [3.8, 4) is 0 Å². The zero-order valence-corrected chi connectivity index (χ0v) is 37.3. The Bertz CT molecular complexity index is 3270. The Morgan fingerprint density at radius 3 is 1.83 bits per heavy atom. The molecule has 0 atom stereocenters. The summed E-state index contributed by atoms with van der Waals surface area (Å²) < 4.78 is 60.4. The van der Waals surface area contributed by atoms with Crippen LogP contribution >= 0.6 is 11.3 Å². The molecule has 0 unspecified atom stereocenters. The molecule has 0 aliphatic rings. The van der Waals surface area contributed by atoms with Crippen LogP contribution in [0.1, 0.15) is 56.7 Å². The number of para-hydroxylation sites is 1. The number of furan rings is 1.